The molecule has 1 atom stereocenters. The fraction of sp³-hybridized carbons (Fsp3) is 0.375. The van der Waals surface area contributed by atoms with Crippen molar-refractivity contribution in [1.29, 1.82) is 0 Å². The van der Waals surface area contributed by atoms with Gasteiger partial charge in [0.15, 0.2) is 0 Å². The van der Waals surface area contributed by atoms with Crippen LogP contribution in [0.3, 0.4) is 0 Å². The topological polar surface area (TPSA) is 88.9 Å². The summed E-state index contributed by atoms with van der Waals surface area (Å²) in [5.41, 5.74) is 1.57. The molecule has 1 saturated heterocycles. The monoisotopic (exact) mass is 503 g/mol. The number of ether oxygens (including phenoxy) is 2. The summed E-state index contributed by atoms with van der Waals surface area (Å²) in [5.74, 6) is -0.737. The van der Waals surface area contributed by atoms with E-state index in [9.17, 15) is 22.8 Å². The Kier molecular flexibility index (Phi) is 6.54. The lowest BCUT2D eigenvalue weighted by Gasteiger charge is -2.28. The lowest BCUT2D eigenvalue weighted by molar-refractivity contribution is -0.274. The minimum Gasteiger partial charge on any atom is -0.406 e. The van der Waals surface area contributed by atoms with Gasteiger partial charge in [-0.05, 0) is 24.3 Å². The van der Waals surface area contributed by atoms with Crippen molar-refractivity contribution in [1.82, 2.24) is 14.5 Å². The van der Waals surface area contributed by atoms with Gasteiger partial charge in [-0.2, -0.15) is 0 Å². The number of benzene rings is 2. The average Bonchev–Trinajstić information content (AvgIpc) is 3.32. The van der Waals surface area contributed by atoms with Crippen LogP contribution in [0.2, 0.25) is 0 Å². The second-order valence-corrected chi connectivity index (χ2v) is 8.56. The zero-order chi connectivity index (χ0) is 25.3. The van der Waals surface area contributed by atoms with Gasteiger partial charge in [0.05, 0.1) is 30.7 Å². The summed E-state index contributed by atoms with van der Waals surface area (Å²) in [4.78, 5) is 34.8. The lowest BCUT2D eigenvalue weighted by atomic mass is 10.1. The molecule has 0 aliphatic carbocycles. The number of aromatic nitrogens is 2. The van der Waals surface area contributed by atoms with Crippen LogP contribution < -0.4 is 15.0 Å². The molecular weight excluding hydrogens is 479 g/mol. The van der Waals surface area contributed by atoms with E-state index in [1.165, 1.54) is 12.1 Å². The van der Waals surface area contributed by atoms with Crippen molar-refractivity contribution in [2.24, 2.45) is 0 Å². The van der Waals surface area contributed by atoms with Crippen LogP contribution in [0.1, 0.15) is 12.5 Å². The van der Waals surface area contributed by atoms with Crippen molar-refractivity contribution in [3.63, 3.8) is 0 Å². The van der Waals surface area contributed by atoms with Crippen LogP contribution in [0.25, 0.3) is 11.0 Å². The van der Waals surface area contributed by atoms with Gasteiger partial charge in [0.1, 0.15) is 11.8 Å². The van der Waals surface area contributed by atoms with Gasteiger partial charge >= 0.3 is 6.36 Å². The number of amides is 2. The van der Waals surface area contributed by atoms with Gasteiger partial charge in [-0.3, -0.25) is 24.0 Å². The van der Waals surface area contributed by atoms with Gasteiger partial charge in [0.2, 0.25) is 11.9 Å². The van der Waals surface area contributed by atoms with E-state index in [1.54, 1.807) is 9.47 Å². The number of rotatable bonds is 7. The maximum absolute atomic E-state index is 13.4. The number of hydrogen-bond donors (Lipinski definition) is 1. The zero-order valence-electron chi connectivity index (χ0n) is 19.2. The molecular formula is C24H24F3N5O4. The first kappa shape index (κ1) is 24.1. The minimum atomic E-state index is -4.84. The summed E-state index contributed by atoms with van der Waals surface area (Å²) in [7, 11) is 0. The molecule has 1 N–H and O–H groups in total. The lowest BCUT2D eigenvalue weighted by Crippen LogP contribution is -2.42. The van der Waals surface area contributed by atoms with E-state index < -0.39 is 24.1 Å². The Bertz CT molecular complexity index is 1270. The van der Waals surface area contributed by atoms with Gasteiger partial charge in [-0.25, -0.2) is 4.98 Å². The molecule has 0 bridgehead atoms. The number of morpholine rings is 1. The fourth-order valence-electron chi connectivity index (χ4n) is 4.53. The number of hydrogen-bond acceptors (Lipinski definition) is 6. The molecule has 5 rings (SSSR count). The number of nitrogens with one attached hydrogen (secondary N) is 1. The number of halogens is 3. The Hall–Kier alpha value is -3.64. The molecule has 9 nitrogen and oxygen atoms in total. The molecule has 0 saturated carbocycles. The van der Waals surface area contributed by atoms with Crippen LogP contribution in [-0.2, 0) is 14.3 Å². The Morgan fingerprint density at radius 1 is 1.11 bits per heavy atom. The molecule has 1 fully saturated rings. The molecule has 1 aromatic heterocycles. The first-order valence-corrected chi connectivity index (χ1v) is 11.5. The van der Waals surface area contributed by atoms with E-state index in [0.717, 1.165) is 30.7 Å². The summed E-state index contributed by atoms with van der Waals surface area (Å²) >= 11 is 0. The van der Waals surface area contributed by atoms with Gasteiger partial charge < -0.3 is 14.8 Å². The quantitative estimate of drug-likeness (QED) is 0.533. The van der Waals surface area contributed by atoms with Crippen molar-refractivity contribution in [3.05, 3.63) is 48.5 Å². The van der Waals surface area contributed by atoms with Crippen LogP contribution in [-0.4, -0.2) is 72.0 Å². The summed E-state index contributed by atoms with van der Waals surface area (Å²) in [5, 5.41) is 2.57. The Labute approximate surface area is 204 Å². The molecule has 0 spiro atoms. The van der Waals surface area contributed by atoms with Crippen LogP contribution in [0.4, 0.5) is 24.8 Å². The molecule has 0 radical (unpaired) electrons. The third-order valence-corrected chi connectivity index (χ3v) is 6.16. The molecule has 190 valence electrons. The van der Waals surface area contributed by atoms with Crippen molar-refractivity contribution < 1.29 is 32.2 Å². The van der Waals surface area contributed by atoms with Crippen LogP contribution in [0.15, 0.2) is 48.5 Å². The number of nitrogens with zero attached hydrogens (tertiary/aromatic N) is 4. The summed E-state index contributed by atoms with van der Waals surface area (Å²) < 4.78 is 48.7. The molecule has 3 heterocycles. The van der Waals surface area contributed by atoms with E-state index in [1.807, 2.05) is 24.3 Å². The maximum Gasteiger partial charge on any atom is 0.573 e. The maximum atomic E-state index is 13.4. The number of alkyl halides is 3. The van der Waals surface area contributed by atoms with Crippen LogP contribution in [0.5, 0.6) is 5.75 Å². The molecule has 0 unspecified atom stereocenters. The zero-order valence-corrected chi connectivity index (χ0v) is 19.2. The highest BCUT2D eigenvalue weighted by molar-refractivity contribution is 6.05. The second-order valence-electron chi connectivity index (χ2n) is 8.56. The third kappa shape index (κ3) is 5.14. The molecule has 3 aromatic rings. The standard InChI is InChI=1S/C24H24F3N5O4/c25-24(26,27)36-17-5-3-4-16(14-17)28-21(33)15-20-22(34)31(9-8-30-10-12-35-13-11-30)23-29-18-6-1-2-7-19(18)32(20)23/h1-7,14,20H,8-13,15H2,(H,28,33)/t20-/m0/s1. The third-order valence-electron chi connectivity index (χ3n) is 6.16. The second kappa shape index (κ2) is 9.78. The number of carbonyl (C=O) groups excluding carboxylic acids is 2. The number of anilines is 2. The van der Waals surface area contributed by atoms with Gasteiger partial charge in [-0.15, -0.1) is 13.2 Å². The molecule has 2 aromatic carbocycles. The van der Waals surface area contributed by atoms with Crippen molar-refractivity contribution in [2.75, 3.05) is 49.6 Å². The predicted octanol–water partition coefficient (Wildman–Crippen LogP) is 3.18. The first-order valence-electron chi connectivity index (χ1n) is 11.5. The SMILES string of the molecule is O=C(C[C@H]1C(=O)N(CCN2CCOCC2)c2nc3ccccc3n21)Nc1cccc(OC(F)(F)F)c1. The summed E-state index contributed by atoms with van der Waals surface area (Å²) in [6, 6.07) is 11.5. The highest BCUT2D eigenvalue weighted by atomic mass is 19.4. The predicted molar refractivity (Wildman–Crippen MR) is 125 cm³/mol. The van der Waals surface area contributed by atoms with Crippen LogP contribution in [0, 0.1) is 0 Å². The van der Waals surface area contributed by atoms with Gasteiger partial charge in [0.25, 0.3) is 5.91 Å². The number of imidazole rings is 1. The van der Waals surface area contributed by atoms with Gasteiger partial charge in [-0.1, -0.05) is 18.2 Å². The van der Waals surface area contributed by atoms with E-state index in [2.05, 4.69) is 19.9 Å². The molecule has 2 amide bonds. The van der Waals surface area contributed by atoms with Crippen molar-refractivity contribution in [2.45, 2.75) is 18.8 Å². The smallest absolute Gasteiger partial charge is 0.406 e. The molecule has 2 aliphatic heterocycles. The number of fused-ring (bicyclic) bond motifs is 3. The molecule has 2 aliphatic rings. The van der Waals surface area contributed by atoms with E-state index in [4.69, 9.17) is 4.74 Å². The Morgan fingerprint density at radius 3 is 2.67 bits per heavy atom. The normalized spacial score (nSPS) is 18.5. The van der Waals surface area contributed by atoms with E-state index in [0.29, 0.717) is 37.8 Å². The fourth-order valence-corrected chi connectivity index (χ4v) is 4.53. The van der Waals surface area contributed by atoms with E-state index in [-0.39, 0.29) is 18.0 Å². The summed E-state index contributed by atoms with van der Waals surface area (Å²) in [6.45, 7) is 3.90. The Morgan fingerprint density at radius 2 is 1.89 bits per heavy atom. The largest absolute Gasteiger partial charge is 0.573 e. The van der Waals surface area contributed by atoms with Gasteiger partial charge in [0, 0.05) is 37.9 Å². The number of para-hydroxylation sites is 2. The Balaban J connectivity index is 1.34. The van der Waals surface area contributed by atoms with Crippen LogP contribution >= 0.6 is 0 Å². The highest BCUT2D eigenvalue weighted by Crippen LogP contribution is 2.36. The number of carbonyl (C=O) groups is 2. The average molecular weight is 503 g/mol. The van der Waals surface area contributed by atoms with E-state index >= 15 is 0 Å². The van der Waals surface area contributed by atoms with Crippen molar-refractivity contribution >= 4 is 34.5 Å². The van der Waals surface area contributed by atoms with Crippen molar-refractivity contribution in [3.8, 4) is 5.75 Å². The molecule has 12 heteroatoms. The highest BCUT2D eigenvalue weighted by Gasteiger charge is 2.41. The summed E-state index contributed by atoms with van der Waals surface area (Å²) in [6.07, 6.45) is -5.05. The minimum absolute atomic E-state index is 0.132. The molecule has 36 heavy (non-hydrogen) atoms. The first-order chi connectivity index (χ1) is 17.3.